The molecule has 0 aliphatic rings. The van der Waals surface area contributed by atoms with Crippen LogP contribution in [0.25, 0.3) is 0 Å². The Morgan fingerprint density at radius 3 is 2.85 bits per heavy atom. The number of anilines is 1. The predicted molar refractivity (Wildman–Crippen MR) is 51.1 cm³/mol. The van der Waals surface area contributed by atoms with Gasteiger partial charge in [0.25, 0.3) is 0 Å². The summed E-state index contributed by atoms with van der Waals surface area (Å²) in [6, 6.07) is 3.68. The van der Waals surface area contributed by atoms with Crippen LogP contribution in [0.4, 0.5) is 5.88 Å². The molecule has 1 unspecified atom stereocenters. The first-order valence-corrected chi connectivity index (χ1v) is 4.44. The minimum atomic E-state index is 0.131. The van der Waals surface area contributed by atoms with Crippen molar-refractivity contribution in [1.29, 1.82) is 0 Å². The van der Waals surface area contributed by atoms with Gasteiger partial charge in [-0.2, -0.15) is 0 Å². The maximum Gasteiger partial charge on any atom is 0.190 e. The van der Waals surface area contributed by atoms with Crippen molar-refractivity contribution in [2.45, 2.75) is 25.9 Å². The Bertz CT molecular complexity index is 244. The van der Waals surface area contributed by atoms with Crippen molar-refractivity contribution in [3.05, 3.63) is 17.9 Å². The van der Waals surface area contributed by atoms with Gasteiger partial charge in [0.1, 0.15) is 5.76 Å². The van der Waals surface area contributed by atoms with Crippen LogP contribution in [0.2, 0.25) is 0 Å². The first-order chi connectivity index (χ1) is 6.26. The van der Waals surface area contributed by atoms with Crippen molar-refractivity contribution >= 4 is 5.88 Å². The molecule has 0 spiro atoms. The lowest BCUT2D eigenvalue weighted by atomic mass is 10.2. The molecule has 0 fully saturated rings. The molecule has 1 atom stereocenters. The number of furan rings is 1. The quantitative estimate of drug-likeness (QED) is 0.630. The number of aliphatic hydroxyl groups is 1. The Kier molecular flexibility index (Phi) is 3.79. The van der Waals surface area contributed by atoms with Crippen molar-refractivity contribution in [2.24, 2.45) is 0 Å². The van der Waals surface area contributed by atoms with Gasteiger partial charge in [0.2, 0.25) is 0 Å². The average Bonchev–Trinajstić information content (AvgIpc) is 2.53. The van der Waals surface area contributed by atoms with Gasteiger partial charge in [0, 0.05) is 12.1 Å². The van der Waals surface area contributed by atoms with Crippen LogP contribution in [0.1, 0.15) is 19.1 Å². The summed E-state index contributed by atoms with van der Waals surface area (Å²) in [5.41, 5.74) is 5.41. The predicted octanol–water partition coefficient (Wildman–Crippen LogP) is 0.722. The molecule has 0 aliphatic carbocycles. The van der Waals surface area contributed by atoms with Crippen LogP contribution in [-0.2, 0) is 6.54 Å². The monoisotopic (exact) mass is 184 g/mol. The summed E-state index contributed by atoms with van der Waals surface area (Å²) < 4.78 is 5.16. The average molecular weight is 184 g/mol. The van der Waals surface area contributed by atoms with E-state index in [-0.39, 0.29) is 12.6 Å². The second-order valence-corrected chi connectivity index (χ2v) is 2.97. The number of hydrogen-bond donors (Lipinski definition) is 3. The molecule has 1 heterocycles. The molecule has 0 bridgehead atoms. The first-order valence-electron chi connectivity index (χ1n) is 4.44. The van der Waals surface area contributed by atoms with E-state index in [1.807, 2.05) is 13.0 Å². The van der Waals surface area contributed by atoms with E-state index in [4.69, 9.17) is 15.3 Å². The SMILES string of the molecule is CCC(CO)NCc1ccc(N)o1. The van der Waals surface area contributed by atoms with Crippen LogP contribution in [0.3, 0.4) is 0 Å². The van der Waals surface area contributed by atoms with E-state index in [1.54, 1.807) is 6.07 Å². The zero-order chi connectivity index (χ0) is 9.68. The molecule has 1 aromatic rings. The van der Waals surface area contributed by atoms with Gasteiger partial charge in [-0.15, -0.1) is 0 Å². The lowest BCUT2D eigenvalue weighted by molar-refractivity contribution is 0.235. The highest BCUT2D eigenvalue weighted by atomic mass is 16.4. The van der Waals surface area contributed by atoms with Gasteiger partial charge in [-0.25, -0.2) is 0 Å². The molecule has 0 saturated carbocycles. The molecule has 0 aliphatic heterocycles. The van der Waals surface area contributed by atoms with Crippen LogP contribution in [0, 0.1) is 0 Å². The van der Waals surface area contributed by atoms with E-state index < -0.39 is 0 Å². The normalized spacial score (nSPS) is 13.1. The molecule has 0 saturated heterocycles. The summed E-state index contributed by atoms with van der Waals surface area (Å²) in [5.74, 6) is 1.22. The van der Waals surface area contributed by atoms with Gasteiger partial charge >= 0.3 is 0 Å². The second kappa shape index (κ2) is 4.89. The van der Waals surface area contributed by atoms with Gasteiger partial charge in [-0.05, 0) is 12.5 Å². The fourth-order valence-corrected chi connectivity index (χ4v) is 1.07. The van der Waals surface area contributed by atoms with E-state index >= 15 is 0 Å². The van der Waals surface area contributed by atoms with Crippen LogP contribution in [-0.4, -0.2) is 17.8 Å². The topological polar surface area (TPSA) is 71.4 Å². The van der Waals surface area contributed by atoms with E-state index in [2.05, 4.69) is 5.32 Å². The molecule has 0 radical (unpaired) electrons. The Morgan fingerprint density at radius 2 is 2.38 bits per heavy atom. The van der Waals surface area contributed by atoms with Gasteiger partial charge in [0.05, 0.1) is 13.2 Å². The molecule has 0 aromatic carbocycles. The van der Waals surface area contributed by atoms with Crippen molar-refractivity contribution in [3.63, 3.8) is 0 Å². The molecule has 0 amide bonds. The third-order valence-corrected chi connectivity index (χ3v) is 1.96. The van der Waals surface area contributed by atoms with Gasteiger partial charge < -0.3 is 20.6 Å². The van der Waals surface area contributed by atoms with Gasteiger partial charge in [0.15, 0.2) is 5.88 Å². The second-order valence-electron chi connectivity index (χ2n) is 2.97. The smallest absolute Gasteiger partial charge is 0.190 e. The fourth-order valence-electron chi connectivity index (χ4n) is 1.07. The Hall–Kier alpha value is -1.00. The van der Waals surface area contributed by atoms with E-state index in [9.17, 15) is 0 Å². The Balaban J connectivity index is 2.33. The van der Waals surface area contributed by atoms with Crippen molar-refractivity contribution in [2.75, 3.05) is 12.3 Å². The summed E-state index contributed by atoms with van der Waals surface area (Å²) in [7, 11) is 0. The van der Waals surface area contributed by atoms with Gasteiger partial charge in [-0.1, -0.05) is 6.92 Å². The summed E-state index contributed by atoms with van der Waals surface area (Å²) in [5, 5.41) is 12.0. The molecule has 1 aromatic heterocycles. The molecular formula is C9H16N2O2. The molecule has 4 N–H and O–H groups in total. The molecular weight excluding hydrogens is 168 g/mol. The van der Waals surface area contributed by atoms with Crippen LogP contribution in [0.15, 0.2) is 16.5 Å². The molecule has 1 rings (SSSR count). The van der Waals surface area contributed by atoms with Crippen molar-refractivity contribution < 1.29 is 9.52 Å². The molecule has 4 heteroatoms. The van der Waals surface area contributed by atoms with E-state index in [0.29, 0.717) is 12.4 Å². The summed E-state index contributed by atoms with van der Waals surface area (Å²) in [6.45, 7) is 2.77. The van der Waals surface area contributed by atoms with Crippen molar-refractivity contribution in [1.82, 2.24) is 5.32 Å². The largest absolute Gasteiger partial charge is 0.445 e. The summed E-state index contributed by atoms with van der Waals surface area (Å²) >= 11 is 0. The number of aliphatic hydroxyl groups excluding tert-OH is 1. The summed E-state index contributed by atoms with van der Waals surface area (Å²) in [4.78, 5) is 0. The highest BCUT2D eigenvalue weighted by Crippen LogP contribution is 2.08. The summed E-state index contributed by atoms with van der Waals surface area (Å²) in [6.07, 6.45) is 0.896. The minimum absolute atomic E-state index is 0.131. The van der Waals surface area contributed by atoms with Crippen LogP contribution >= 0.6 is 0 Å². The Morgan fingerprint density at radius 1 is 1.62 bits per heavy atom. The number of nitrogen functional groups attached to an aromatic ring is 1. The Labute approximate surface area is 77.7 Å². The van der Waals surface area contributed by atoms with Crippen molar-refractivity contribution in [3.8, 4) is 0 Å². The lowest BCUT2D eigenvalue weighted by Gasteiger charge is -2.12. The fraction of sp³-hybridized carbons (Fsp3) is 0.556. The van der Waals surface area contributed by atoms with Crippen LogP contribution in [0.5, 0.6) is 0 Å². The van der Waals surface area contributed by atoms with E-state index in [0.717, 1.165) is 12.2 Å². The van der Waals surface area contributed by atoms with Gasteiger partial charge in [-0.3, -0.25) is 0 Å². The van der Waals surface area contributed by atoms with Crippen LogP contribution < -0.4 is 11.1 Å². The molecule has 4 nitrogen and oxygen atoms in total. The lowest BCUT2D eigenvalue weighted by Crippen LogP contribution is -2.30. The van der Waals surface area contributed by atoms with E-state index in [1.165, 1.54) is 0 Å². The zero-order valence-electron chi connectivity index (χ0n) is 7.79. The minimum Gasteiger partial charge on any atom is -0.445 e. The third kappa shape index (κ3) is 3.08. The number of hydrogen-bond acceptors (Lipinski definition) is 4. The molecule has 74 valence electrons. The third-order valence-electron chi connectivity index (χ3n) is 1.96. The maximum atomic E-state index is 8.89. The highest BCUT2D eigenvalue weighted by Gasteiger charge is 2.04. The highest BCUT2D eigenvalue weighted by molar-refractivity contribution is 5.25. The standard InChI is InChI=1S/C9H16N2O2/c1-2-7(6-12)11-5-8-3-4-9(10)13-8/h3-4,7,11-12H,2,5-6,10H2,1H3. The number of nitrogens with one attached hydrogen (secondary N) is 1. The maximum absolute atomic E-state index is 8.89. The number of nitrogens with two attached hydrogens (primary N) is 1. The number of rotatable bonds is 5. The molecule has 13 heavy (non-hydrogen) atoms. The first kappa shape index (κ1) is 10.1. The zero-order valence-corrected chi connectivity index (χ0v) is 7.79.